The van der Waals surface area contributed by atoms with Gasteiger partial charge in [-0.15, -0.1) is 0 Å². The molecule has 0 aromatic heterocycles. The molecule has 0 aliphatic heterocycles. The van der Waals surface area contributed by atoms with Gasteiger partial charge in [0.2, 0.25) is 0 Å². The van der Waals surface area contributed by atoms with Crippen molar-refractivity contribution in [1.82, 2.24) is 0 Å². The van der Waals surface area contributed by atoms with Crippen LogP contribution < -0.4 is 0 Å². The van der Waals surface area contributed by atoms with Crippen LogP contribution in [0, 0.1) is 0 Å². The summed E-state index contributed by atoms with van der Waals surface area (Å²) in [5.41, 5.74) is 0. The van der Waals surface area contributed by atoms with E-state index in [9.17, 15) is 0 Å². The van der Waals surface area contributed by atoms with E-state index in [-0.39, 0.29) is 0 Å². The van der Waals surface area contributed by atoms with E-state index in [1.54, 1.807) is 34.2 Å². The molecule has 19 heavy (non-hydrogen) atoms. The van der Waals surface area contributed by atoms with Gasteiger partial charge < -0.3 is 0 Å². The van der Waals surface area contributed by atoms with Gasteiger partial charge in [-0.05, 0) is 0 Å². The molecule has 0 spiro atoms. The van der Waals surface area contributed by atoms with Crippen molar-refractivity contribution < 1.29 is 0 Å². The molecule has 0 nitrogen and oxygen atoms in total. The molecule has 1 heteroatoms. The molecule has 0 aromatic rings. The molecule has 0 amide bonds. The van der Waals surface area contributed by atoms with Crippen molar-refractivity contribution in [3.63, 3.8) is 0 Å². The van der Waals surface area contributed by atoms with Gasteiger partial charge in [0, 0.05) is 0 Å². The molecule has 0 bridgehead atoms. The van der Waals surface area contributed by atoms with Gasteiger partial charge >= 0.3 is 129 Å². The van der Waals surface area contributed by atoms with Gasteiger partial charge in [-0.25, -0.2) is 0 Å². The van der Waals surface area contributed by atoms with Gasteiger partial charge in [0.25, 0.3) is 0 Å². The Labute approximate surface area is 129 Å². The number of rotatable bonds is 15. The average Bonchev–Trinajstić information content (AvgIpc) is 2.43. The Hall–Kier alpha value is 0.636. The molecule has 0 aliphatic carbocycles. The van der Waals surface area contributed by atoms with E-state index in [0.717, 1.165) is 0 Å². The molecule has 0 fully saturated rings. The fourth-order valence-electron chi connectivity index (χ4n) is 3.01. The summed E-state index contributed by atoms with van der Waals surface area (Å²) in [5, 5.41) is 0. The third-order valence-electron chi connectivity index (χ3n) is 4.40. The zero-order valence-electron chi connectivity index (χ0n) is 14.2. The second kappa shape index (κ2) is 16.7. The van der Waals surface area contributed by atoms with Crippen molar-refractivity contribution in [2.75, 3.05) is 0 Å². The van der Waals surface area contributed by atoms with E-state index >= 15 is 0 Å². The van der Waals surface area contributed by atoms with Crippen LogP contribution in [0.3, 0.4) is 0 Å². The van der Waals surface area contributed by atoms with E-state index in [2.05, 4.69) is 20.8 Å². The number of hydrogen-bond donors (Lipinski definition) is 0. The fourth-order valence-corrected chi connectivity index (χ4v) is 10.3. The van der Waals surface area contributed by atoms with Crippen LogP contribution in [-0.2, 0) is 0 Å². The Bertz CT molecular complexity index is 127. The topological polar surface area (TPSA) is 0 Å². The van der Waals surface area contributed by atoms with Gasteiger partial charge in [-0.1, -0.05) is 0 Å². The van der Waals surface area contributed by atoms with Crippen LogP contribution in [0.5, 0.6) is 0 Å². The summed E-state index contributed by atoms with van der Waals surface area (Å²) in [5.74, 6) is 0. The van der Waals surface area contributed by atoms with Gasteiger partial charge in [-0.3, -0.25) is 0 Å². The standard InChI is InChI=1S/3C6H13.Ga/c3*1-3-5-6-4-2;/h3*1,3-6H2,2H3;. The molecule has 0 saturated heterocycles. The zero-order valence-corrected chi connectivity index (χ0v) is 16.6. The second-order valence-corrected chi connectivity index (χ2v) is 13.7. The second-order valence-electron chi connectivity index (χ2n) is 6.41. The van der Waals surface area contributed by atoms with Crippen molar-refractivity contribution in [1.29, 1.82) is 0 Å². The Morgan fingerprint density at radius 1 is 0.421 bits per heavy atom. The molecule has 0 N–H and O–H groups in total. The van der Waals surface area contributed by atoms with Gasteiger partial charge in [0.05, 0.1) is 0 Å². The first kappa shape index (κ1) is 19.6. The third kappa shape index (κ3) is 14.9. The zero-order chi connectivity index (χ0) is 14.2. The normalized spacial score (nSPS) is 10.9. The predicted molar refractivity (Wildman–Crippen MR) is 92.6 cm³/mol. The average molecular weight is 325 g/mol. The van der Waals surface area contributed by atoms with Crippen molar-refractivity contribution in [2.24, 2.45) is 0 Å². The SMILES string of the molecule is CCCCC[CH2][Ga]([CH2]CCCCC)[CH2]CCCCC. The first-order valence-electron chi connectivity index (χ1n) is 9.35. The Morgan fingerprint density at radius 3 is 1.00 bits per heavy atom. The molecule has 0 saturated carbocycles. The summed E-state index contributed by atoms with van der Waals surface area (Å²) in [6.45, 7) is 6.98. The third-order valence-corrected chi connectivity index (χ3v) is 12.1. The first-order valence-corrected chi connectivity index (χ1v) is 14.5. The van der Waals surface area contributed by atoms with Crippen LogP contribution in [0.2, 0.25) is 14.9 Å². The molecule has 0 aliphatic rings. The van der Waals surface area contributed by atoms with Crippen molar-refractivity contribution in [3.05, 3.63) is 0 Å². The minimum atomic E-state index is -0.855. The Balaban J connectivity index is 3.66. The molecular formula is C18H39Ga. The monoisotopic (exact) mass is 324 g/mol. The van der Waals surface area contributed by atoms with E-state index in [4.69, 9.17) is 0 Å². The van der Waals surface area contributed by atoms with Crippen molar-refractivity contribution in [2.45, 2.75) is 113 Å². The fraction of sp³-hybridized carbons (Fsp3) is 1.00. The van der Waals surface area contributed by atoms with Crippen LogP contribution in [0.4, 0.5) is 0 Å². The van der Waals surface area contributed by atoms with Crippen LogP contribution >= 0.6 is 0 Å². The number of unbranched alkanes of at least 4 members (excludes halogenated alkanes) is 9. The minimum absolute atomic E-state index is 0.855. The van der Waals surface area contributed by atoms with Crippen LogP contribution in [-0.4, -0.2) is 16.2 Å². The molecule has 0 aromatic carbocycles. The quantitative estimate of drug-likeness (QED) is 0.220. The summed E-state index contributed by atoms with van der Waals surface area (Å²) in [6.07, 6.45) is 17.9. The molecule has 0 heterocycles. The summed E-state index contributed by atoms with van der Waals surface area (Å²) < 4.78 is 0. The van der Waals surface area contributed by atoms with Crippen LogP contribution in [0.1, 0.15) is 97.8 Å². The molecule has 114 valence electrons. The van der Waals surface area contributed by atoms with Crippen LogP contribution in [0.25, 0.3) is 0 Å². The molecule has 0 atom stereocenters. The molecular weight excluding hydrogens is 286 g/mol. The number of hydrogen-bond acceptors (Lipinski definition) is 0. The van der Waals surface area contributed by atoms with Crippen molar-refractivity contribution >= 4 is 16.2 Å². The van der Waals surface area contributed by atoms with Gasteiger partial charge in [-0.2, -0.15) is 0 Å². The maximum atomic E-state index is 2.33. The molecule has 0 radical (unpaired) electrons. The summed E-state index contributed by atoms with van der Waals surface area (Å²) in [4.78, 5) is 5.10. The Kier molecular flexibility index (Phi) is 17.2. The van der Waals surface area contributed by atoms with Crippen molar-refractivity contribution in [3.8, 4) is 0 Å². The van der Waals surface area contributed by atoms with E-state index < -0.39 is 16.2 Å². The predicted octanol–water partition coefficient (Wildman–Crippen LogP) is 7.22. The van der Waals surface area contributed by atoms with E-state index in [1.807, 2.05) is 0 Å². The van der Waals surface area contributed by atoms with Crippen LogP contribution in [0.15, 0.2) is 0 Å². The molecule has 0 unspecified atom stereocenters. The summed E-state index contributed by atoms with van der Waals surface area (Å²) >= 11 is -0.855. The maximum absolute atomic E-state index is 2.33. The molecule has 0 rings (SSSR count). The first-order chi connectivity index (χ1) is 9.35. The van der Waals surface area contributed by atoms with E-state index in [1.165, 1.54) is 57.8 Å². The Morgan fingerprint density at radius 2 is 0.737 bits per heavy atom. The van der Waals surface area contributed by atoms with Gasteiger partial charge in [0.15, 0.2) is 0 Å². The van der Waals surface area contributed by atoms with Gasteiger partial charge in [0.1, 0.15) is 0 Å². The van der Waals surface area contributed by atoms with E-state index in [0.29, 0.717) is 0 Å². The summed E-state index contributed by atoms with van der Waals surface area (Å²) in [7, 11) is 0. The summed E-state index contributed by atoms with van der Waals surface area (Å²) in [6, 6.07) is 0.